The predicted molar refractivity (Wildman–Crippen MR) is 58.2 cm³/mol. The molecule has 1 aromatic rings. The quantitative estimate of drug-likeness (QED) is 0.767. The lowest BCUT2D eigenvalue weighted by atomic mass is 10.1. The molecule has 0 saturated carbocycles. The minimum atomic E-state index is -0.528. The number of nitrogens with zero attached hydrogens (tertiary/aromatic N) is 1. The SMILES string of the molecule is CN(C)CCC(=O)Cc1cc(F)ccc1F. The van der Waals surface area contributed by atoms with Gasteiger partial charge in [0.1, 0.15) is 17.4 Å². The average Bonchev–Trinajstić information content (AvgIpc) is 2.20. The fourth-order valence-electron chi connectivity index (χ4n) is 1.33. The Morgan fingerprint density at radius 2 is 2.00 bits per heavy atom. The number of hydrogen-bond acceptors (Lipinski definition) is 2. The molecule has 0 aliphatic carbocycles. The van der Waals surface area contributed by atoms with Crippen molar-refractivity contribution in [1.82, 2.24) is 4.90 Å². The van der Waals surface area contributed by atoms with Crippen molar-refractivity contribution in [3.63, 3.8) is 0 Å². The zero-order chi connectivity index (χ0) is 12.1. The normalized spacial score (nSPS) is 10.8. The van der Waals surface area contributed by atoms with E-state index in [-0.39, 0.29) is 17.8 Å². The maximum absolute atomic E-state index is 13.2. The van der Waals surface area contributed by atoms with Crippen LogP contribution in [-0.4, -0.2) is 31.3 Å². The van der Waals surface area contributed by atoms with Gasteiger partial charge in [-0.25, -0.2) is 8.78 Å². The zero-order valence-electron chi connectivity index (χ0n) is 9.46. The second-order valence-electron chi connectivity index (χ2n) is 4.00. The lowest BCUT2D eigenvalue weighted by molar-refractivity contribution is -0.118. The third-order valence-electron chi connectivity index (χ3n) is 2.23. The van der Waals surface area contributed by atoms with E-state index in [9.17, 15) is 13.6 Å². The molecule has 0 spiro atoms. The van der Waals surface area contributed by atoms with Gasteiger partial charge in [-0.3, -0.25) is 4.79 Å². The summed E-state index contributed by atoms with van der Waals surface area (Å²) in [7, 11) is 3.71. The highest BCUT2D eigenvalue weighted by Gasteiger charge is 2.09. The molecule has 0 saturated heterocycles. The standard InChI is InChI=1S/C12H15F2NO/c1-15(2)6-5-11(16)8-9-7-10(13)3-4-12(9)14/h3-4,7H,5-6,8H2,1-2H3. The fourth-order valence-corrected chi connectivity index (χ4v) is 1.33. The summed E-state index contributed by atoms with van der Waals surface area (Å²) in [6.07, 6.45) is 0.306. The third kappa shape index (κ3) is 4.06. The molecule has 88 valence electrons. The molecule has 0 N–H and O–H groups in total. The van der Waals surface area contributed by atoms with E-state index in [4.69, 9.17) is 0 Å². The highest BCUT2D eigenvalue weighted by Crippen LogP contribution is 2.11. The van der Waals surface area contributed by atoms with Gasteiger partial charge >= 0.3 is 0 Å². The first-order valence-electron chi connectivity index (χ1n) is 5.09. The van der Waals surface area contributed by atoms with Crippen LogP contribution in [-0.2, 0) is 11.2 Å². The number of carbonyl (C=O) groups is 1. The summed E-state index contributed by atoms with van der Waals surface area (Å²) in [5.41, 5.74) is 0.128. The molecule has 0 atom stereocenters. The van der Waals surface area contributed by atoms with Gasteiger partial charge in [0, 0.05) is 19.4 Å². The molecule has 1 rings (SSSR count). The number of halogens is 2. The van der Waals surface area contributed by atoms with Gasteiger partial charge in [0.05, 0.1) is 0 Å². The summed E-state index contributed by atoms with van der Waals surface area (Å²) >= 11 is 0. The zero-order valence-corrected chi connectivity index (χ0v) is 9.46. The number of carbonyl (C=O) groups excluding carboxylic acids is 1. The van der Waals surface area contributed by atoms with Crippen LogP contribution in [0.5, 0.6) is 0 Å². The van der Waals surface area contributed by atoms with Crippen LogP contribution in [0, 0.1) is 11.6 Å². The molecule has 0 aliphatic heterocycles. The van der Waals surface area contributed by atoms with Crippen LogP contribution in [0.4, 0.5) is 8.78 Å². The van der Waals surface area contributed by atoms with Crippen molar-refractivity contribution < 1.29 is 13.6 Å². The van der Waals surface area contributed by atoms with E-state index in [0.717, 1.165) is 18.2 Å². The van der Waals surface area contributed by atoms with Crippen LogP contribution in [0.25, 0.3) is 0 Å². The molecule has 0 aromatic heterocycles. The van der Waals surface area contributed by atoms with E-state index in [1.54, 1.807) is 0 Å². The van der Waals surface area contributed by atoms with Crippen molar-refractivity contribution in [2.45, 2.75) is 12.8 Å². The van der Waals surface area contributed by atoms with Crippen molar-refractivity contribution >= 4 is 5.78 Å². The Hall–Kier alpha value is -1.29. The maximum Gasteiger partial charge on any atom is 0.138 e. The van der Waals surface area contributed by atoms with Gasteiger partial charge in [0.2, 0.25) is 0 Å². The molecule has 0 unspecified atom stereocenters. The Morgan fingerprint density at radius 1 is 1.31 bits per heavy atom. The summed E-state index contributed by atoms with van der Waals surface area (Å²) in [6, 6.07) is 3.16. The van der Waals surface area contributed by atoms with E-state index in [2.05, 4.69) is 0 Å². The van der Waals surface area contributed by atoms with E-state index in [0.29, 0.717) is 13.0 Å². The van der Waals surface area contributed by atoms with Crippen LogP contribution < -0.4 is 0 Å². The first-order valence-corrected chi connectivity index (χ1v) is 5.09. The molecule has 0 radical (unpaired) electrons. The Labute approximate surface area is 93.9 Å². The summed E-state index contributed by atoms with van der Waals surface area (Å²) in [5, 5.41) is 0. The molecule has 0 fully saturated rings. The second kappa shape index (κ2) is 5.70. The van der Waals surface area contributed by atoms with Crippen molar-refractivity contribution in [3.8, 4) is 0 Å². The van der Waals surface area contributed by atoms with Crippen molar-refractivity contribution in [3.05, 3.63) is 35.4 Å². The molecule has 16 heavy (non-hydrogen) atoms. The topological polar surface area (TPSA) is 20.3 Å². The van der Waals surface area contributed by atoms with Crippen molar-refractivity contribution in [2.75, 3.05) is 20.6 Å². The first-order chi connectivity index (χ1) is 7.49. The Kier molecular flexibility index (Phi) is 4.55. The van der Waals surface area contributed by atoms with Crippen LogP contribution in [0.2, 0.25) is 0 Å². The number of ketones is 1. The van der Waals surface area contributed by atoms with Gasteiger partial charge in [0.25, 0.3) is 0 Å². The highest BCUT2D eigenvalue weighted by molar-refractivity contribution is 5.81. The Bertz CT molecular complexity index is 377. The average molecular weight is 227 g/mol. The lowest BCUT2D eigenvalue weighted by Crippen LogP contribution is -2.17. The molecule has 0 aliphatic rings. The van der Waals surface area contributed by atoms with E-state index in [1.807, 2.05) is 19.0 Å². The minimum Gasteiger partial charge on any atom is -0.309 e. The number of rotatable bonds is 5. The smallest absolute Gasteiger partial charge is 0.138 e. The molecule has 2 nitrogen and oxygen atoms in total. The first kappa shape index (κ1) is 12.8. The van der Waals surface area contributed by atoms with Crippen LogP contribution in [0.1, 0.15) is 12.0 Å². The number of benzene rings is 1. The molecule has 0 amide bonds. The van der Waals surface area contributed by atoms with Crippen LogP contribution >= 0.6 is 0 Å². The summed E-state index contributed by atoms with van der Waals surface area (Å²) in [4.78, 5) is 13.3. The van der Waals surface area contributed by atoms with Gasteiger partial charge < -0.3 is 4.90 Å². The second-order valence-corrected chi connectivity index (χ2v) is 4.00. The van der Waals surface area contributed by atoms with Crippen molar-refractivity contribution in [2.24, 2.45) is 0 Å². The maximum atomic E-state index is 13.2. The van der Waals surface area contributed by atoms with E-state index in [1.165, 1.54) is 0 Å². The van der Waals surface area contributed by atoms with Crippen LogP contribution in [0.3, 0.4) is 0 Å². The molecule has 1 aromatic carbocycles. The van der Waals surface area contributed by atoms with Gasteiger partial charge in [-0.15, -0.1) is 0 Å². The number of Topliss-reactive ketones (excluding diaryl/α,β-unsaturated/α-hetero) is 1. The molecule has 4 heteroatoms. The summed E-state index contributed by atoms with van der Waals surface area (Å²) in [6.45, 7) is 0.621. The monoisotopic (exact) mass is 227 g/mol. The largest absolute Gasteiger partial charge is 0.309 e. The van der Waals surface area contributed by atoms with Gasteiger partial charge in [0.15, 0.2) is 0 Å². The van der Waals surface area contributed by atoms with E-state index >= 15 is 0 Å². The predicted octanol–water partition coefficient (Wildman–Crippen LogP) is 2.03. The fraction of sp³-hybridized carbons (Fsp3) is 0.417. The molecule has 0 heterocycles. The molecular formula is C12H15F2NO. The molecule has 0 bridgehead atoms. The summed E-state index contributed by atoms with van der Waals surface area (Å²) < 4.78 is 26.0. The lowest BCUT2D eigenvalue weighted by Gasteiger charge is -2.08. The van der Waals surface area contributed by atoms with Gasteiger partial charge in [-0.1, -0.05) is 0 Å². The third-order valence-corrected chi connectivity index (χ3v) is 2.23. The summed E-state index contributed by atoms with van der Waals surface area (Å²) in [5.74, 6) is -1.13. The van der Waals surface area contributed by atoms with Crippen LogP contribution in [0.15, 0.2) is 18.2 Å². The van der Waals surface area contributed by atoms with Gasteiger partial charge in [-0.05, 0) is 37.9 Å². The molecular weight excluding hydrogens is 212 g/mol. The number of hydrogen-bond donors (Lipinski definition) is 0. The van der Waals surface area contributed by atoms with Crippen molar-refractivity contribution in [1.29, 1.82) is 0 Å². The Morgan fingerprint density at radius 3 is 2.62 bits per heavy atom. The Balaban J connectivity index is 2.59. The van der Waals surface area contributed by atoms with Gasteiger partial charge in [-0.2, -0.15) is 0 Å². The highest BCUT2D eigenvalue weighted by atomic mass is 19.1. The van der Waals surface area contributed by atoms with E-state index < -0.39 is 11.6 Å². The minimum absolute atomic E-state index is 0.0442.